The van der Waals surface area contributed by atoms with E-state index in [1.165, 1.54) is 0 Å². The third-order valence-corrected chi connectivity index (χ3v) is 1.98. The molecule has 3 N–H and O–H groups in total. The highest BCUT2D eigenvalue weighted by atomic mass is 19.3. The van der Waals surface area contributed by atoms with Gasteiger partial charge < -0.3 is 10.9 Å². The lowest BCUT2D eigenvalue weighted by molar-refractivity contribution is 0.133. The minimum absolute atomic E-state index is 0.000235. The van der Waals surface area contributed by atoms with Gasteiger partial charge in [0.2, 0.25) is 6.43 Å². The number of rotatable bonds is 8. The van der Waals surface area contributed by atoms with E-state index >= 15 is 0 Å². The largest absolute Gasteiger partial charge is 0.409 e. The zero-order valence-corrected chi connectivity index (χ0v) is 8.25. The predicted octanol–water partition coefficient (Wildman–Crippen LogP) is 2.73. The Balaban J connectivity index is 3.07. The number of nitrogens with two attached hydrogens (primary N) is 1. The van der Waals surface area contributed by atoms with Crippen molar-refractivity contribution in [2.24, 2.45) is 10.9 Å². The molecule has 0 aliphatic carbocycles. The molecule has 0 heterocycles. The van der Waals surface area contributed by atoms with Gasteiger partial charge in [0.15, 0.2) is 0 Å². The van der Waals surface area contributed by atoms with Crippen molar-refractivity contribution in [3.63, 3.8) is 0 Å². The highest BCUT2D eigenvalue weighted by molar-refractivity contribution is 5.79. The van der Waals surface area contributed by atoms with Gasteiger partial charge in [-0.05, 0) is 12.8 Å². The molecule has 0 saturated heterocycles. The Labute approximate surface area is 83.0 Å². The summed E-state index contributed by atoms with van der Waals surface area (Å²) in [6.45, 7) is 0. The number of alkyl halides is 2. The van der Waals surface area contributed by atoms with E-state index in [4.69, 9.17) is 10.9 Å². The van der Waals surface area contributed by atoms with Crippen molar-refractivity contribution in [3.05, 3.63) is 0 Å². The summed E-state index contributed by atoms with van der Waals surface area (Å²) >= 11 is 0. The summed E-state index contributed by atoms with van der Waals surface area (Å²) in [5.41, 5.74) is 5.25. The zero-order chi connectivity index (χ0) is 10.8. The van der Waals surface area contributed by atoms with Gasteiger partial charge in [-0.3, -0.25) is 0 Å². The molecule has 0 aliphatic rings. The van der Waals surface area contributed by atoms with Crippen molar-refractivity contribution in [2.45, 2.75) is 51.4 Å². The van der Waals surface area contributed by atoms with E-state index in [1.807, 2.05) is 0 Å². The molecule has 84 valence electrons. The van der Waals surface area contributed by atoms with Crippen LogP contribution in [0.2, 0.25) is 0 Å². The van der Waals surface area contributed by atoms with E-state index < -0.39 is 6.43 Å². The van der Waals surface area contributed by atoms with Gasteiger partial charge in [-0.1, -0.05) is 24.4 Å². The number of hydrogen-bond acceptors (Lipinski definition) is 2. The highest BCUT2D eigenvalue weighted by Crippen LogP contribution is 2.10. The third kappa shape index (κ3) is 9.22. The highest BCUT2D eigenvalue weighted by Gasteiger charge is 2.00. The van der Waals surface area contributed by atoms with Gasteiger partial charge in [0, 0.05) is 12.8 Å². The van der Waals surface area contributed by atoms with Gasteiger partial charge in [0.1, 0.15) is 5.84 Å². The topological polar surface area (TPSA) is 58.6 Å². The van der Waals surface area contributed by atoms with Crippen LogP contribution in [0.5, 0.6) is 0 Å². The Kier molecular flexibility index (Phi) is 8.17. The second-order valence-electron chi connectivity index (χ2n) is 3.29. The fourth-order valence-corrected chi connectivity index (χ4v) is 1.19. The summed E-state index contributed by atoms with van der Waals surface area (Å²) in [5, 5.41) is 11.1. The quantitative estimate of drug-likeness (QED) is 0.212. The standard InChI is InChI=1S/C9H18F2N2O/c10-8(11)6-4-2-1-3-5-7-9(12)13-14/h8,14H,1-7H2,(H2,12,13). The predicted molar refractivity (Wildman–Crippen MR) is 51.7 cm³/mol. The first kappa shape index (κ1) is 13.1. The molecule has 5 heteroatoms. The molecule has 0 aromatic rings. The molecule has 0 rings (SSSR count). The van der Waals surface area contributed by atoms with Crippen molar-refractivity contribution in [2.75, 3.05) is 0 Å². The van der Waals surface area contributed by atoms with Crippen LogP contribution in [0.4, 0.5) is 8.78 Å². The average molecular weight is 208 g/mol. The number of halogens is 2. The summed E-state index contributed by atoms with van der Waals surface area (Å²) in [5.74, 6) is 0.234. The van der Waals surface area contributed by atoms with Crippen LogP contribution in [-0.4, -0.2) is 17.5 Å². The first-order chi connectivity index (χ1) is 6.66. The van der Waals surface area contributed by atoms with E-state index in [2.05, 4.69) is 5.16 Å². The van der Waals surface area contributed by atoms with Crippen molar-refractivity contribution in [1.82, 2.24) is 0 Å². The van der Waals surface area contributed by atoms with Crippen LogP contribution in [0.3, 0.4) is 0 Å². The molecule has 0 saturated carbocycles. The minimum atomic E-state index is -2.17. The molecule has 0 unspecified atom stereocenters. The Morgan fingerprint density at radius 3 is 2.29 bits per heavy atom. The second-order valence-corrected chi connectivity index (χ2v) is 3.29. The molecular weight excluding hydrogens is 190 g/mol. The Bertz CT molecular complexity index is 163. The maximum Gasteiger partial charge on any atom is 0.238 e. The van der Waals surface area contributed by atoms with Gasteiger partial charge >= 0.3 is 0 Å². The molecule has 0 aromatic heterocycles. The monoisotopic (exact) mass is 208 g/mol. The van der Waals surface area contributed by atoms with Crippen LogP contribution in [0.1, 0.15) is 44.9 Å². The summed E-state index contributed by atoms with van der Waals surface area (Å²) in [7, 11) is 0. The molecule has 0 bridgehead atoms. The van der Waals surface area contributed by atoms with Crippen LogP contribution in [0.15, 0.2) is 5.16 Å². The van der Waals surface area contributed by atoms with Gasteiger partial charge in [0.05, 0.1) is 0 Å². The number of nitrogens with zero attached hydrogens (tertiary/aromatic N) is 1. The van der Waals surface area contributed by atoms with E-state index in [9.17, 15) is 8.78 Å². The first-order valence-electron chi connectivity index (χ1n) is 4.91. The van der Waals surface area contributed by atoms with E-state index in [-0.39, 0.29) is 12.3 Å². The summed E-state index contributed by atoms with van der Waals surface area (Å²) in [6, 6.07) is 0. The molecule has 0 aromatic carbocycles. The molecule has 3 nitrogen and oxygen atoms in total. The van der Waals surface area contributed by atoms with Crippen molar-refractivity contribution in [1.29, 1.82) is 0 Å². The van der Waals surface area contributed by atoms with Crippen molar-refractivity contribution < 1.29 is 14.0 Å². The lowest BCUT2D eigenvalue weighted by Crippen LogP contribution is -2.10. The van der Waals surface area contributed by atoms with Gasteiger partial charge in [-0.25, -0.2) is 8.78 Å². The zero-order valence-electron chi connectivity index (χ0n) is 8.25. The minimum Gasteiger partial charge on any atom is -0.409 e. The number of amidine groups is 1. The average Bonchev–Trinajstić information content (AvgIpc) is 2.15. The number of hydrogen-bond donors (Lipinski definition) is 2. The third-order valence-electron chi connectivity index (χ3n) is 1.98. The lowest BCUT2D eigenvalue weighted by atomic mass is 10.1. The maximum atomic E-state index is 11.7. The second kappa shape index (κ2) is 8.72. The fourth-order valence-electron chi connectivity index (χ4n) is 1.19. The molecule has 0 radical (unpaired) electrons. The molecule has 0 fully saturated rings. The van der Waals surface area contributed by atoms with E-state index in [1.54, 1.807) is 0 Å². The first-order valence-corrected chi connectivity index (χ1v) is 4.91. The normalized spacial score (nSPS) is 12.4. The Morgan fingerprint density at radius 1 is 1.14 bits per heavy atom. The number of oxime groups is 1. The Hall–Kier alpha value is -0.870. The SMILES string of the molecule is NC(CCCCCCCC(F)F)=NO. The van der Waals surface area contributed by atoms with Crippen LogP contribution in [-0.2, 0) is 0 Å². The summed E-state index contributed by atoms with van der Waals surface area (Å²) in [6.07, 6.45) is 2.55. The van der Waals surface area contributed by atoms with Gasteiger partial charge in [-0.2, -0.15) is 0 Å². The maximum absolute atomic E-state index is 11.7. The molecule has 0 atom stereocenters. The molecule has 14 heavy (non-hydrogen) atoms. The lowest BCUT2D eigenvalue weighted by Gasteiger charge is -2.00. The van der Waals surface area contributed by atoms with Crippen LogP contribution in [0, 0.1) is 0 Å². The van der Waals surface area contributed by atoms with Crippen molar-refractivity contribution in [3.8, 4) is 0 Å². The molecule has 0 aliphatic heterocycles. The van der Waals surface area contributed by atoms with E-state index in [0.29, 0.717) is 12.8 Å². The number of unbranched alkanes of at least 4 members (excludes halogenated alkanes) is 4. The smallest absolute Gasteiger partial charge is 0.238 e. The van der Waals surface area contributed by atoms with Gasteiger partial charge in [-0.15, -0.1) is 0 Å². The van der Waals surface area contributed by atoms with E-state index in [0.717, 1.165) is 25.7 Å². The summed E-state index contributed by atoms with van der Waals surface area (Å²) in [4.78, 5) is 0. The van der Waals surface area contributed by atoms with Gasteiger partial charge in [0.25, 0.3) is 0 Å². The van der Waals surface area contributed by atoms with Crippen molar-refractivity contribution >= 4 is 5.84 Å². The fraction of sp³-hybridized carbons (Fsp3) is 0.889. The molecule has 0 amide bonds. The molecule has 0 spiro atoms. The Morgan fingerprint density at radius 2 is 1.71 bits per heavy atom. The van der Waals surface area contributed by atoms with Crippen LogP contribution >= 0.6 is 0 Å². The van der Waals surface area contributed by atoms with Crippen LogP contribution in [0.25, 0.3) is 0 Å². The summed E-state index contributed by atoms with van der Waals surface area (Å²) < 4.78 is 23.4. The van der Waals surface area contributed by atoms with Crippen LogP contribution < -0.4 is 5.73 Å². The molecular formula is C9H18F2N2O.